The van der Waals surface area contributed by atoms with Crippen molar-refractivity contribution in [1.82, 2.24) is 14.9 Å². The van der Waals surface area contributed by atoms with E-state index in [0.29, 0.717) is 30.7 Å². The number of aromatic nitrogens is 2. The average Bonchev–Trinajstić information content (AvgIpc) is 2.88. The first kappa shape index (κ1) is 22.2. The van der Waals surface area contributed by atoms with Gasteiger partial charge in [0.2, 0.25) is 0 Å². The van der Waals surface area contributed by atoms with Crippen molar-refractivity contribution >= 4 is 27.5 Å². The maximum absolute atomic E-state index is 11.1. The first-order chi connectivity index (χ1) is 17.0. The number of nitro benzene ring substituents is 1. The molecule has 0 saturated carbocycles. The van der Waals surface area contributed by atoms with Crippen LogP contribution in [0.2, 0.25) is 0 Å². The molecule has 2 heterocycles. The van der Waals surface area contributed by atoms with Crippen molar-refractivity contribution in [2.45, 2.75) is 19.6 Å². The second-order valence-electron chi connectivity index (χ2n) is 8.36. The van der Waals surface area contributed by atoms with E-state index in [1.165, 1.54) is 12.1 Å². The van der Waals surface area contributed by atoms with Crippen molar-refractivity contribution in [3.63, 3.8) is 0 Å². The second kappa shape index (κ2) is 9.36. The number of benzene rings is 3. The van der Waals surface area contributed by atoms with Gasteiger partial charge in [-0.1, -0.05) is 36.4 Å². The number of non-ortho nitro benzene ring substituents is 1. The third-order valence-electron chi connectivity index (χ3n) is 6.02. The van der Waals surface area contributed by atoms with E-state index < -0.39 is 4.92 Å². The fourth-order valence-corrected chi connectivity index (χ4v) is 4.34. The van der Waals surface area contributed by atoms with Crippen LogP contribution in [0.15, 0.2) is 85.2 Å². The van der Waals surface area contributed by atoms with Gasteiger partial charge < -0.3 is 10.2 Å². The Labute approximate surface area is 200 Å². The van der Waals surface area contributed by atoms with E-state index in [4.69, 9.17) is 0 Å². The lowest BCUT2D eigenvalue weighted by atomic mass is 10.0. The number of aromatic hydroxyl groups is 2. The number of pyridine rings is 2. The van der Waals surface area contributed by atoms with Gasteiger partial charge in [-0.3, -0.25) is 25.0 Å². The highest BCUT2D eigenvalue weighted by Gasteiger charge is 2.15. The molecule has 0 spiro atoms. The Morgan fingerprint density at radius 3 is 1.71 bits per heavy atom. The Hall–Kier alpha value is -4.56. The van der Waals surface area contributed by atoms with Crippen LogP contribution in [0.3, 0.4) is 0 Å². The molecule has 0 radical (unpaired) electrons. The first-order valence-electron chi connectivity index (χ1n) is 11.1. The van der Waals surface area contributed by atoms with Crippen molar-refractivity contribution in [1.29, 1.82) is 0 Å². The highest BCUT2D eigenvalue weighted by Crippen LogP contribution is 2.30. The van der Waals surface area contributed by atoms with Crippen LogP contribution in [0, 0.1) is 10.1 Å². The molecule has 0 aliphatic carbocycles. The summed E-state index contributed by atoms with van der Waals surface area (Å²) < 4.78 is 0. The smallest absolute Gasteiger partial charge is 0.269 e. The molecule has 0 fully saturated rings. The van der Waals surface area contributed by atoms with Gasteiger partial charge in [-0.05, 0) is 41.0 Å². The number of phenols is 2. The topological polar surface area (TPSA) is 113 Å². The molecule has 3 aromatic carbocycles. The van der Waals surface area contributed by atoms with E-state index in [1.807, 2.05) is 36.4 Å². The van der Waals surface area contributed by atoms with Crippen molar-refractivity contribution in [2.75, 3.05) is 0 Å². The lowest BCUT2D eigenvalue weighted by Crippen LogP contribution is -2.22. The zero-order chi connectivity index (χ0) is 24.4. The molecule has 5 rings (SSSR count). The van der Waals surface area contributed by atoms with Gasteiger partial charge in [0, 0.05) is 54.9 Å². The fraction of sp³-hybridized carbons (Fsp3) is 0.111. The van der Waals surface area contributed by atoms with Gasteiger partial charge in [-0.2, -0.15) is 0 Å². The highest BCUT2D eigenvalue weighted by molar-refractivity contribution is 5.88. The third kappa shape index (κ3) is 4.60. The van der Waals surface area contributed by atoms with Gasteiger partial charge in [0.15, 0.2) is 0 Å². The lowest BCUT2D eigenvalue weighted by molar-refractivity contribution is -0.384. The first-order valence-corrected chi connectivity index (χ1v) is 11.1. The number of rotatable bonds is 7. The summed E-state index contributed by atoms with van der Waals surface area (Å²) in [4.78, 5) is 21.5. The second-order valence-corrected chi connectivity index (χ2v) is 8.36. The minimum Gasteiger partial charge on any atom is -0.506 e. The molecule has 0 bridgehead atoms. The molecule has 0 atom stereocenters. The van der Waals surface area contributed by atoms with Gasteiger partial charge >= 0.3 is 0 Å². The maximum Gasteiger partial charge on any atom is 0.269 e. The van der Waals surface area contributed by atoms with Crippen LogP contribution in [-0.2, 0) is 19.6 Å². The van der Waals surface area contributed by atoms with Gasteiger partial charge in [-0.25, -0.2) is 0 Å². The monoisotopic (exact) mass is 466 g/mol. The van der Waals surface area contributed by atoms with Crippen LogP contribution in [0.1, 0.15) is 16.7 Å². The van der Waals surface area contributed by atoms with Gasteiger partial charge in [0.1, 0.15) is 22.5 Å². The number of fused-ring (bicyclic) bond motifs is 2. The molecule has 0 amide bonds. The predicted molar refractivity (Wildman–Crippen MR) is 133 cm³/mol. The molecule has 8 heteroatoms. The summed E-state index contributed by atoms with van der Waals surface area (Å²) in [5.41, 5.74) is 4.05. The van der Waals surface area contributed by atoms with Crippen LogP contribution in [0.25, 0.3) is 21.8 Å². The van der Waals surface area contributed by atoms with Gasteiger partial charge in [-0.15, -0.1) is 0 Å². The summed E-state index contributed by atoms with van der Waals surface area (Å²) in [5.74, 6) is 0.253. The lowest BCUT2D eigenvalue weighted by Gasteiger charge is -2.24. The Balaban J connectivity index is 1.53. The molecule has 2 aromatic heterocycles. The Kier molecular flexibility index (Phi) is 5.95. The molecule has 35 heavy (non-hydrogen) atoms. The minimum absolute atomic E-state index is 0.0477. The Morgan fingerprint density at radius 2 is 1.23 bits per heavy atom. The van der Waals surface area contributed by atoms with E-state index in [9.17, 15) is 20.3 Å². The quantitative estimate of drug-likeness (QED) is 0.247. The summed E-state index contributed by atoms with van der Waals surface area (Å²) in [6.07, 6.45) is 3.30. The van der Waals surface area contributed by atoms with Gasteiger partial charge in [0.25, 0.3) is 5.69 Å². The van der Waals surface area contributed by atoms with E-state index >= 15 is 0 Å². The number of phenolic OH excluding ortho intramolecular Hbond substituents is 2. The fourth-order valence-electron chi connectivity index (χ4n) is 4.34. The van der Waals surface area contributed by atoms with Crippen LogP contribution in [0.5, 0.6) is 11.5 Å². The van der Waals surface area contributed by atoms with Crippen molar-refractivity contribution in [3.05, 3.63) is 112 Å². The molecule has 2 N–H and O–H groups in total. The maximum atomic E-state index is 11.1. The van der Waals surface area contributed by atoms with E-state index in [1.54, 1.807) is 36.7 Å². The highest BCUT2D eigenvalue weighted by atomic mass is 16.6. The standard InChI is InChI=1S/C27H22N4O4/c32-24-11-7-19(22-3-1-13-28-26(22)24)16-30(15-18-5-9-21(10-6-18)31(34)35)17-20-8-12-25(33)27-23(20)4-2-14-29-27/h1-14,32-33H,15-17H2. The minimum atomic E-state index is -0.410. The molecular weight excluding hydrogens is 444 g/mol. The van der Waals surface area contributed by atoms with Crippen LogP contribution in [0.4, 0.5) is 5.69 Å². The van der Waals surface area contributed by atoms with Gasteiger partial charge in [0.05, 0.1) is 4.92 Å². The van der Waals surface area contributed by atoms with E-state index in [2.05, 4.69) is 14.9 Å². The zero-order valence-corrected chi connectivity index (χ0v) is 18.7. The summed E-state index contributed by atoms with van der Waals surface area (Å²) in [7, 11) is 0. The summed E-state index contributed by atoms with van der Waals surface area (Å²) >= 11 is 0. The summed E-state index contributed by atoms with van der Waals surface area (Å²) in [5, 5.41) is 33.3. The Morgan fingerprint density at radius 1 is 0.714 bits per heavy atom. The molecule has 174 valence electrons. The van der Waals surface area contributed by atoms with Crippen molar-refractivity contribution < 1.29 is 15.1 Å². The largest absolute Gasteiger partial charge is 0.506 e. The number of hydrogen-bond donors (Lipinski definition) is 2. The number of hydrogen-bond acceptors (Lipinski definition) is 7. The van der Waals surface area contributed by atoms with Crippen LogP contribution >= 0.6 is 0 Å². The molecule has 0 unspecified atom stereocenters. The zero-order valence-electron chi connectivity index (χ0n) is 18.7. The van der Waals surface area contributed by atoms with E-state index in [-0.39, 0.29) is 17.2 Å². The predicted octanol–water partition coefficient (Wildman–Crippen LogP) is 5.30. The van der Waals surface area contributed by atoms with Crippen molar-refractivity contribution in [3.8, 4) is 11.5 Å². The molecule has 5 aromatic rings. The molecule has 0 aliphatic heterocycles. The number of nitro groups is 1. The third-order valence-corrected chi connectivity index (χ3v) is 6.02. The average molecular weight is 466 g/mol. The van der Waals surface area contributed by atoms with E-state index in [0.717, 1.165) is 27.5 Å². The SMILES string of the molecule is O=[N+]([O-])c1ccc(CN(Cc2ccc(O)c3ncccc23)Cc2ccc(O)c3ncccc23)cc1. The Bertz CT molecular complexity index is 1450. The van der Waals surface area contributed by atoms with Crippen molar-refractivity contribution in [2.24, 2.45) is 0 Å². The molecular formula is C27H22N4O4. The summed E-state index contributed by atoms with van der Waals surface area (Å²) in [6, 6.07) is 21.1. The molecule has 0 saturated heterocycles. The number of nitrogens with zero attached hydrogens (tertiary/aromatic N) is 4. The molecule has 8 nitrogen and oxygen atoms in total. The summed E-state index contributed by atoms with van der Waals surface area (Å²) in [6.45, 7) is 1.62. The van der Waals surface area contributed by atoms with Crippen LogP contribution < -0.4 is 0 Å². The molecule has 0 aliphatic rings. The van der Waals surface area contributed by atoms with Crippen LogP contribution in [-0.4, -0.2) is 30.0 Å². The normalized spacial score (nSPS) is 11.3.